The summed E-state index contributed by atoms with van der Waals surface area (Å²) in [5.74, 6) is 0.0431. The van der Waals surface area contributed by atoms with Gasteiger partial charge in [-0.3, -0.25) is 13.6 Å². The largest absolute Gasteiger partial charge is 0.472 e. The van der Waals surface area contributed by atoms with Crippen molar-refractivity contribution in [1.29, 1.82) is 0 Å². The summed E-state index contributed by atoms with van der Waals surface area (Å²) in [6, 6.07) is 1.38. The molecule has 8 nitrogen and oxygen atoms in total. The van der Waals surface area contributed by atoms with E-state index >= 15 is 0 Å². The first-order chi connectivity index (χ1) is 9.37. The SMILES string of the molecule is Nc1ccn(C2S[C@@H]3COP(=O)(O)O[C@H]3[C@@H]2F)c(=O)n1. The summed E-state index contributed by atoms with van der Waals surface area (Å²) in [7, 11) is -4.21. The van der Waals surface area contributed by atoms with Gasteiger partial charge in [-0.05, 0) is 6.07 Å². The predicted octanol–water partition coefficient (Wildman–Crippen LogP) is 0.293. The second kappa shape index (κ2) is 4.81. The first kappa shape index (κ1) is 14.0. The van der Waals surface area contributed by atoms with E-state index in [9.17, 15) is 18.6 Å². The summed E-state index contributed by atoms with van der Waals surface area (Å²) >= 11 is 1.10. The molecule has 0 aromatic carbocycles. The van der Waals surface area contributed by atoms with Crippen LogP contribution in [-0.2, 0) is 13.6 Å². The van der Waals surface area contributed by atoms with Crippen LogP contribution in [0.25, 0.3) is 0 Å². The van der Waals surface area contributed by atoms with Crippen molar-refractivity contribution >= 4 is 25.4 Å². The van der Waals surface area contributed by atoms with Crippen molar-refractivity contribution in [3.05, 3.63) is 22.7 Å². The lowest BCUT2D eigenvalue weighted by atomic mass is 10.1. The number of phosphoric ester groups is 1. The minimum absolute atomic E-state index is 0.0431. The van der Waals surface area contributed by atoms with Crippen LogP contribution in [0.4, 0.5) is 10.2 Å². The van der Waals surface area contributed by atoms with Crippen LogP contribution in [0, 0.1) is 0 Å². The van der Waals surface area contributed by atoms with E-state index in [1.54, 1.807) is 0 Å². The average Bonchev–Trinajstić information content (AvgIpc) is 2.66. The van der Waals surface area contributed by atoms with Crippen molar-refractivity contribution in [2.45, 2.75) is 22.9 Å². The Bertz CT molecular complexity index is 642. The zero-order valence-electron chi connectivity index (χ0n) is 9.96. The lowest BCUT2D eigenvalue weighted by Crippen LogP contribution is -2.37. The molecule has 3 rings (SSSR count). The van der Waals surface area contributed by atoms with Crippen molar-refractivity contribution in [2.75, 3.05) is 12.3 Å². The third kappa shape index (κ3) is 2.38. The molecule has 20 heavy (non-hydrogen) atoms. The summed E-state index contributed by atoms with van der Waals surface area (Å²) in [4.78, 5) is 24.5. The number of rotatable bonds is 1. The van der Waals surface area contributed by atoms with E-state index in [0.717, 1.165) is 16.3 Å². The van der Waals surface area contributed by atoms with E-state index < -0.39 is 36.4 Å². The number of aromatic nitrogens is 2. The van der Waals surface area contributed by atoms with E-state index in [-0.39, 0.29) is 12.4 Å². The molecule has 2 aliphatic rings. The molecular formula is C9H11FN3O5PS. The Labute approximate surface area is 116 Å². The number of thioether (sulfide) groups is 1. The normalized spacial score (nSPS) is 40.5. The fraction of sp³-hybridized carbons (Fsp3) is 0.556. The van der Waals surface area contributed by atoms with Gasteiger partial charge in [0, 0.05) is 6.20 Å². The molecule has 2 saturated heterocycles. The van der Waals surface area contributed by atoms with Crippen molar-refractivity contribution < 1.29 is 22.9 Å². The maximum atomic E-state index is 14.4. The van der Waals surface area contributed by atoms with Gasteiger partial charge in [-0.15, -0.1) is 11.8 Å². The monoisotopic (exact) mass is 323 g/mol. The number of halogens is 1. The number of phosphoric acid groups is 1. The van der Waals surface area contributed by atoms with Gasteiger partial charge in [0.05, 0.1) is 11.9 Å². The molecule has 0 amide bonds. The van der Waals surface area contributed by atoms with Crippen LogP contribution >= 0.6 is 19.6 Å². The van der Waals surface area contributed by atoms with Gasteiger partial charge in [-0.1, -0.05) is 0 Å². The van der Waals surface area contributed by atoms with Crippen LogP contribution in [-0.4, -0.2) is 38.6 Å². The molecule has 0 aliphatic carbocycles. The second-order valence-electron chi connectivity index (χ2n) is 4.39. The number of hydrogen-bond donors (Lipinski definition) is 2. The molecule has 0 bridgehead atoms. The predicted molar refractivity (Wildman–Crippen MR) is 68.9 cm³/mol. The Kier molecular flexibility index (Phi) is 3.38. The minimum Gasteiger partial charge on any atom is -0.383 e. The maximum Gasteiger partial charge on any atom is 0.472 e. The van der Waals surface area contributed by atoms with Crippen LogP contribution in [0.1, 0.15) is 5.37 Å². The van der Waals surface area contributed by atoms with Crippen LogP contribution in [0.15, 0.2) is 17.1 Å². The Balaban J connectivity index is 1.90. The number of fused-ring (bicyclic) bond motifs is 1. The molecule has 0 saturated carbocycles. The van der Waals surface area contributed by atoms with Gasteiger partial charge in [-0.2, -0.15) is 4.98 Å². The Morgan fingerprint density at radius 2 is 2.40 bits per heavy atom. The molecule has 5 atom stereocenters. The number of nitrogen functional groups attached to an aromatic ring is 1. The van der Waals surface area contributed by atoms with E-state index in [2.05, 4.69) is 9.51 Å². The highest BCUT2D eigenvalue weighted by Gasteiger charge is 2.53. The lowest BCUT2D eigenvalue weighted by Gasteiger charge is -2.28. The summed E-state index contributed by atoms with van der Waals surface area (Å²) in [6.07, 6.45) is -1.39. The Morgan fingerprint density at radius 3 is 3.10 bits per heavy atom. The molecule has 110 valence electrons. The quantitative estimate of drug-likeness (QED) is 0.709. The maximum absolute atomic E-state index is 14.4. The van der Waals surface area contributed by atoms with Crippen molar-refractivity contribution in [2.24, 2.45) is 0 Å². The number of nitrogens with two attached hydrogens (primary N) is 1. The van der Waals surface area contributed by atoms with Gasteiger partial charge in [0.2, 0.25) is 0 Å². The topological polar surface area (TPSA) is 117 Å². The number of alkyl halides is 1. The highest BCUT2D eigenvalue weighted by atomic mass is 32.2. The lowest BCUT2D eigenvalue weighted by molar-refractivity contribution is 0.0131. The molecule has 2 aliphatic heterocycles. The van der Waals surface area contributed by atoms with Gasteiger partial charge in [-0.25, -0.2) is 13.8 Å². The molecule has 1 aromatic heterocycles. The highest BCUT2D eigenvalue weighted by molar-refractivity contribution is 8.00. The number of hydrogen-bond acceptors (Lipinski definition) is 7. The summed E-state index contributed by atoms with van der Waals surface area (Å²) in [5.41, 5.74) is 4.69. The van der Waals surface area contributed by atoms with Crippen LogP contribution in [0.5, 0.6) is 0 Å². The molecule has 2 unspecified atom stereocenters. The minimum atomic E-state index is -4.21. The summed E-state index contributed by atoms with van der Waals surface area (Å²) in [6.45, 7) is -0.114. The van der Waals surface area contributed by atoms with Crippen LogP contribution in [0.2, 0.25) is 0 Å². The van der Waals surface area contributed by atoms with E-state index in [4.69, 9.17) is 10.3 Å². The molecule has 1 aromatic rings. The van der Waals surface area contributed by atoms with Gasteiger partial charge in [0.1, 0.15) is 17.3 Å². The first-order valence-corrected chi connectivity index (χ1v) is 8.11. The van der Waals surface area contributed by atoms with E-state index in [1.807, 2.05) is 0 Å². The molecule has 3 N–H and O–H groups in total. The molecule has 2 fully saturated rings. The Morgan fingerprint density at radius 1 is 1.65 bits per heavy atom. The van der Waals surface area contributed by atoms with Crippen molar-refractivity contribution in [3.63, 3.8) is 0 Å². The highest BCUT2D eigenvalue weighted by Crippen LogP contribution is 2.57. The number of nitrogens with zero attached hydrogens (tertiary/aromatic N) is 2. The smallest absolute Gasteiger partial charge is 0.383 e. The summed E-state index contributed by atoms with van der Waals surface area (Å²) in [5, 5.41) is -1.36. The zero-order chi connectivity index (χ0) is 14.5. The number of anilines is 1. The Hall–Kier alpha value is -0.930. The fourth-order valence-corrected chi connectivity index (χ4v) is 4.78. The fourth-order valence-electron chi connectivity index (χ4n) is 2.15. The van der Waals surface area contributed by atoms with Crippen LogP contribution < -0.4 is 11.4 Å². The van der Waals surface area contributed by atoms with E-state index in [1.165, 1.54) is 12.3 Å². The van der Waals surface area contributed by atoms with Crippen molar-refractivity contribution in [1.82, 2.24) is 9.55 Å². The molecule has 11 heteroatoms. The van der Waals surface area contributed by atoms with Gasteiger partial charge in [0.15, 0.2) is 6.17 Å². The van der Waals surface area contributed by atoms with Gasteiger partial charge >= 0.3 is 13.5 Å². The molecule has 0 radical (unpaired) electrons. The first-order valence-electron chi connectivity index (χ1n) is 5.67. The molecular weight excluding hydrogens is 312 g/mol. The van der Waals surface area contributed by atoms with Crippen molar-refractivity contribution in [3.8, 4) is 0 Å². The molecule has 3 heterocycles. The van der Waals surface area contributed by atoms with E-state index in [0.29, 0.717) is 0 Å². The third-order valence-corrected chi connectivity index (χ3v) is 5.55. The third-order valence-electron chi connectivity index (χ3n) is 3.05. The molecule has 0 spiro atoms. The van der Waals surface area contributed by atoms with Gasteiger partial charge in [0.25, 0.3) is 0 Å². The zero-order valence-corrected chi connectivity index (χ0v) is 11.7. The van der Waals surface area contributed by atoms with Gasteiger partial charge < -0.3 is 10.6 Å². The second-order valence-corrected chi connectivity index (χ2v) is 7.15. The van der Waals surface area contributed by atoms with Crippen LogP contribution in [0.3, 0.4) is 0 Å². The standard InChI is InChI=1S/C9H11FN3O5PS/c10-6-7-4(3-17-19(15,16)18-7)20-8(6)13-2-1-5(11)12-9(13)14/h1-2,4,6-8H,3H2,(H,15,16)(H2,11,12,14)/t4-,6+,7-,8?/m1/s1. The summed E-state index contributed by atoms with van der Waals surface area (Å²) < 4.78 is 36.2. The average molecular weight is 323 g/mol.